The van der Waals surface area contributed by atoms with E-state index < -0.39 is 0 Å². The normalized spacial score (nSPS) is 26.0. The summed E-state index contributed by atoms with van der Waals surface area (Å²) < 4.78 is 13.2. The molecule has 1 aliphatic carbocycles. The first kappa shape index (κ1) is 25.8. The van der Waals surface area contributed by atoms with Gasteiger partial charge in [0, 0.05) is 67.2 Å². The van der Waals surface area contributed by atoms with Gasteiger partial charge in [-0.1, -0.05) is 17.7 Å². The Kier molecular flexibility index (Phi) is 6.21. The van der Waals surface area contributed by atoms with E-state index in [0.717, 1.165) is 72.8 Å². The Labute approximate surface area is 248 Å². The number of fused-ring (bicyclic) bond motifs is 4. The van der Waals surface area contributed by atoms with Crippen molar-refractivity contribution in [2.24, 2.45) is 17.8 Å². The lowest BCUT2D eigenvalue weighted by atomic mass is 9.87. The van der Waals surface area contributed by atoms with Crippen molar-refractivity contribution in [1.29, 1.82) is 5.26 Å². The smallest absolute Gasteiger partial charge is 0.212 e. The summed E-state index contributed by atoms with van der Waals surface area (Å²) in [6.45, 7) is 5.48. The van der Waals surface area contributed by atoms with Crippen molar-refractivity contribution in [1.82, 2.24) is 29.8 Å². The van der Waals surface area contributed by atoms with Gasteiger partial charge in [-0.2, -0.15) is 10.4 Å². The minimum Gasteiger partial charge on any atom is -0.492 e. The Bertz CT molecular complexity index is 1680. The summed E-state index contributed by atoms with van der Waals surface area (Å²) in [5.41, 5.74) is 4.08. The van der Waals surface area contributed by atoms with Crippen LogP contribution in [0.2, 0.25) is 5.02 Å². The maximum absolute atomic E-state index is 9.78. The fraction of sp³-hybridized carbons (Fsp3) is 0.419. The number of anilines is 1. The van der Waals surface area contributed by atoms with Crippen LogP contribution in [0.15, 0.2) is 49.1 Å². The van der Waals surface area contributed by atoms with Crippen molar-refractivity contribution in [3.8, 4) is 28.8 Å². The fourth-order valence-electron chi connectivity index (χ4n) is 7.23. The number of nitrogens with zero attached hydrogens (tertiary/aromatic N) is 7. The van der Waals surface area contributed by atoms with Gasteiger partial charge >= 0.3 is 0 Å². The van der Waals surface area contributed by atoms with Crippen molar-refractivity contribution < 1.29 is 9.47 Å². The molecule has 4 aromatic rings. The molecular weight excluding hydrogens is 552 g/mol. The molecule has 0 spiro atoms. The summed E-state index contributed by atoms with van der Waals surface area (Å²) in [5.74, 6) is 4.22. The topological polar surface area (TPSA) is 104 Å². The number of piperidine rings is 2. The van der Waals surface area contributed by atoms with E-state index in [2.05, 4.69) is 37.3 Å². The first-order valence-corrected chi connectivity index (χ1v) is 14.9. The number of hydrogen-bond donors (Lipinski definition) is 1. The molecule has 0 amide bonds. The third-order valence-electron chi connectivity index (χ3n) is 9.57. The molecule has 4 aliphatic heterocycles. The lowest BCUT2D eigenvalue weighted by molar-refractivity contribution is -0.00876. The molecule has 1 N–H and O–H groups in total. The predicted octanol–water partition coefficient (Wildman–Crippen LogP) is 3.63. The van der Waals surface area contributed by atoms with Crippen LogP contribution in [-0.2, 0) is 6.54 Å². The standard InChI is InChI=1S/C31H31ClN8O2/c1-41-29-3-2-18(8-35-29)13-39-21-5-22(39)15-38(14-21)31-28(32)4-19(9-36-31)24-6-23(16-40-30(24)20(7-33)10-37-40)42-17-27-25-11-34-12-26(25)27/h2-4,6,8-10,16,21-22,25-27,34H,5,11-15,17H2,1H3. The summed E-state index contributed by atoms with van der Waals surface area (Å²) in [5, 5.41) is 18.2. The number of pyridine rings is 3. The van der Waals surface area contributed by atoms with Gasteiger partial charge in [0.15, 0.2) is 0 Å². The number of aromatic nitrogens is 4. The van der Waals surface area contributed by atoms with Crippen LogP contribution in [0.1, 0.15) is 17.5 Å². The zero-order chi connectivity index (χ0) is 28.4. The van der Waals surface area contributed by atoms with E-state index in [1.165, 1.54) is 12.0 Å². The highest BCUT2D eigenvalue weighted by Gasteiger charge is 2.53. The van der Waals surface area contributed by atoms with Gasteiger partial charge in [0.25, 0.3) is 0 Å². The van der Waals surface area contributed by atoms with E-state index >= 15 is 0 Å². The first-order chi connectivity index (χ1) is 20.6. The van der Waals surface area contributed by atoms with E-state index in [-0.39, 0.29) is 0 Å². The van der Waals surface area contributed by atoms with E-state index in [1.54, 1.807) is 17.8 Å². The van der Waals surface area contributed by atoms with Gasteiger partial charge in [-0.25, -0.2) is 14.5 Å². The van der Waals surface area contributed by atoms with E-state index in [9.17, 15) is 5.26 Å². The number of hydrogen-bond acceptors (Lipinski definition) is 9. The molecule has 4 atom stereocenters. The first-order valence-electron chi connectivity index (χ1n) is 14.5. The van der Waals surface area contributed by atoms with Gasteiger partial charge in [-0.3, -0.25) is 4.90 Å². The second kappa shape index (κ2) is 10.1. The minimum atomic E-state index is 0.448. The molecule has 0 aromatic carbocycles. The molecule has 8 heterocycles. The molecule has 5 fully saturated rings. The van der Waals surface area contributed by atoms with Crippen molar-refractivity contribution in [3.63, 3.8) is 0 Å². The van der Waals surface area contributed by atoms with Crippen LogP contribution in [-0.4, -0.2) is 76.5 Å². The number of halogens is 1. The van der Waals surface area contributed by atoms with Crippen LogP contribution in [0.3, 0.4) is 0 Å². The van der Waals surface area contributed by atoms with Crippen LogP contribution in [0, 0.1) is 29.1 Å². The zero-order valence-electron chi connectivity index (χ0n) is 23.3. The minimum absolute atomic E-state index is 0.448. The maximum Gasteiger partial charge on any atom is 0.212 e. The summed E-state index contributed by atoms with van der Waals surface area (Å²) in [6.07, 6.45) is 8.37. The quantitative estimate of drug-likeness (QED) is 0.333. The van der Waals surface area contributed by atoms with Crippen LogP contribution in [0.5, 0.6) is 11.6 Å². The summed E-state index contributed by atoms with van der Waals surface area (Å²) in [4.78, 5) is 14.0. The number of rotatable bonds is 8. The van der Waals surface area contributed by atoms with Crippen LogP contribution in [0.4, 0.5) is 5.82 Å². The summed E-state index contributed by atoms with van der Waals surface area (Å²) >= 11 is 6.91. The lowest BCUT2D eigenvalue weighted by Gasteiger charge is -2.56. The molecule has 10 nitrogen and oxygen atoms in total. The Morgan fingerprint density at radius 1 is 1.10 bits per heavy atom. The molecule has 4 saturated heterocycles. The molecule has 4 aromatic heterocycles. The molecular formula is C31H31ClN8O2. The van der Waals surface area contributed by atoms with Crippen molar-refractivity contribution in [2.45, 2.75) is 25.0 Å². The molecule has 4 unspecified atom stereocenters. The number of ether oxygens (including phenoxy) is 2. The highest BCUT2D eigenvalue weighted by molar-refractivity contribution is 6.33. The Morgan fingerprint density at radius 2 is 1.93 bits per heavy atom. The zero-order valence-corrected chi connectivity index (χ0v) is 24.0. The average Bonchev–Trinajstić information content (AvgIpc) is 3.31. The summed E-state index contributed by atoms with van der Waals surface area (Å²) in [7, 11) is 1.63. The maximum atomic E-state index is 9.78. The number of piperazine rings is 1. The number of methoxy groups -OCH3 is 1. The lowest BCUT2D eigenvalue weighted by Crippen LogP contribution is -2.68. The molecule has 5 aliphatic rings. The van der Waals surface area contributed by atoms with Crippen LogP contribution >= 0.6 is 11.6 Å². The molecule has 42 heavy (non-hydrogen) atoms. The monoisotopic (exact) mass is 582 g/mol. The highest BCUT2D eigenvalue weighted by Crippen LogP contribution is 2.48. The van der Waals surface area contributed by atoms with Gasteiger partial charge in [0.05, 0.1) is 42.2 Å². The van der Waals surface area contributed by atoms with E-state index in [1.807, 2.05) is 36.8 Å². The highest BCUT2D eigenvalue weighted by atomic mass is 35.5. The Morgan fingerprint density at radius 3 is 2.64 bits per heavy atom. The van der Waals surface area contributed by atoms with Gasteiger partial charge in [0.2, 0.25) is 5.88 Å². The van der Waals surface area contributed by atoms with E-state index in [0.29, 0.717) is 41.1 Å². The van der Waals surface area contributed by atoms with Gasteiger partial charge < -0.3 is 19.7 Å². The third kappa shape index (κ3) is 4.35. The molecule has 0 radical (unpaired) electrons. The van der Waals surface area contributed by atoms with Gasteiger partial charge in [-0.05, 0) is 49.0 Å². The van der Waals surface area contributed by atoms with Gasteiger partial charge in [0.1, 0.15) is 17.6 Å². The van der Waals surface area contributed by atoms with Crippen LogP contribution < -0.4 is 19.7 Å². The fourth-order valence-corrected chi connectivity index (χ4v) is 7.51. The van der Waals surface area contributed by atoms with Crippen LogP contribution in [0.25, 0.3) is 16.6 Å². The average molecular weight is 583 g/mol. The van der Waals surface area contributed by atoms with Crippen molar-refractivity contribution in [2.75, 3.05) is 44.8 Å². The summed E-state index contributed by atoms with van der Waals surface area (Å²) in [6, 6.07) is 11.1. The van der Waals surface area contributed by atoms with E-state index in [4.69, 9.17) is 26.1 Å². The largest absolute Gasteiger partial charge is 0.492 e. The Hall–Kier alpha value is -3.91. The second-order valence-electron chi connectivity index (χ2n) is 11.9. The number of nitrogens with one attached hydrogen (secondary N) is 1. The van der Waals surface area contributed by atoms with Gasteiger partial charge in [-0.15, -0.1) is 0 Å². The molecule has 1 saturated carbocycles. The molecule has 9 rings (SSSR count). The van der Waals surface area contributed by atoms with Crippen molar-refractivity contribution >= 4 is 22.9 Å². The number of nitriles is 1. The molecule has 2 bridgehead atoms. The second-order valence-corrected chi connectivity index (χ2v) is 12.3. The third-order valence-corrected chi connectivity index (χ3v) is 9.85. The van der Waals surface area contributed by atoms with Crippen molar-refractivity contribution in [3.05, 3.63) is 65.2 Å². The molecule has 214 valence electrons. The molecule has 11 heteroatoms. The Balaban J connectivity index is 1.01. The SMILES string of the molecule is COc1ccc(CN2C3CC2CN(c2ncc(-c4cc(OCC5C6CNCC65)cn5ncc(C#N)c45)cc2Cl)C3)cn1. The predicted molar refractivity (Wildman–Crippen MR) is 158 cm³/mol.